The predicted molar refractivity (Wildman–Crippen MR) is 130 cm³/mol. The second kappa shape index (κ2) is 10.6. The van der Waals surface area contributed by atoms with E-state index in [4.69, 9.17) is 14.2 Å². The normalized spacial score (nSPS) is 13.9. The summed E-state index contributed by atoms with van der Waals surface area (Å²) >= 11 is 0. The fraction of sp³-hybridized carbons (Fsp3) is 0.148. The average molecular weight is 474 g/mol. The molecule has 0 atom stereocenters. The Balaban J connectivity index is 1.53. The standard InChI is InChI=1S/C27H23FN2O5/c1-3-33-25-15-18(8-13-24(25)34-16-20-6-4-5-7-22(20)28)14-23-27(32)35-26(30-23)19-9-11-21(12-10-19)29-17(2)31/h4-15H,3,16H2,1-2H3,(H,29,31)/b23-14-. The van der Waals surface area contributed by atoms with Crippen LogP contribution in [0.1, 0.15) is 30.5 Å². The Morgan fingerprint density at radius 2 is 1.83 bits per heavy atom. The molecule has 0 bridgehead atoms. The van der Waals surface area contributed by atoms with E-state index in [9.17, 15) is 14.0 Å². The smallest absolute Gasteiger partial charge is 0.363 e. The topological polar surface area (TPSA) is 86.2 Å². The lowest BCUT2D eigenvalue weighted by Crippen LogP contribution is -2.07. The average Bonchev–Trinajstić information content (AvgIpc) is 3.20. The maximum atomic E-state index is 13.9. The minimum absolute atomic E-state index is 0.0495. The molecule has 1 aliphatic heterocycles. The Morgan fingerprint density at radius 1 is 1.06 bits per heavy atom. The van der Waals surface area contributed by atoms with Gasteiger partial charge in [-0.2, -0.15) is 0 Å². The van der Waals surface area contributed by atoms with Gasteiger partial charge in [-0.3, -0.25) is 4.79 Å². The Bertz CT molecular complexity index is 1320. The van der Waals surface area contributed by atoms with Gasteiger partial charge in [0.1, 0.15) is 12.4 Å². The molecular formula is C27H23FN2O5. The van der Waals surface area contributed by atoms with Gasteiger partial charge in [0.15, 0.2) is 17.2 Å². The van der Waals surface area contributed by atoms with E-state index < -0.39 is 5.97 Å². The summed E-state index contributed by atoms with van der Waals surface area (Å²) in [6.07, 6.45) is 1.59. The summed E-state index contributed by atoms with van der Waals surface area (Å²) in [5, 5.41) is 2.68. The number of ether oxygens (including phenoxy) is 3. The number of rotatable bonds is 8. The van der Waals surface area contributed by atoms with Crippen LogP contribution in [0.4, 0.5) is 10.1 Å². The van der Waals surface area contributed by atoms with Crippen molar-refractivity contribution < 1.29 is 28.2 Å². The van der Waals surface area contributed by atoms with Crippen molar-refractivity contribution in [2.45, 2.75) is 20.5 Å². The number of aliphatic imine (C=N–C) groups is 1. The van der Waals surface area contributed by atoms with Crippen molar-refractivity contribution in [3.8, 4) is 11.5 Å². The summed E-state index contributed by atoms with van der Waals surface area (Å²) in [6, 6.07) is 18.4. The predicted octanol–water partition coefficient (Wildman–Crippen LogP) is 5.11. The second-order valence-electron chi connectivity index (χ2n) is 7.61. The first-order chi connectivity index (χ1) is 16.9. The number of amides is 1. The van der Waals surface area contributed by atoms with Crippen LogP contribution in [0.5, 0.6) is 11.5 Å². The molecule has 178 valence electrons. The zero-order valence-electron chi connectivity index (χ0n) is 19.2. The molecule has 0 fully saturated rings. The number of benzene rings is 3. The van der Waals surface area contributed by atoms with E-state index >= 15 is 0 Å². The minimum Gasteiger partial charge on any atom is -0.490 e. The number of carbonyl (C=O) groups excluding carboxylic acids is 2. The van der Waals surface area contributed by atoms with Crippen LogP contribution in [-0.2, 0) is 20.9 Å². The molecule has 35 heavy (non-hydrogen) atoms. The summed E-state index contributed by atoms with van der Waals surface area (Å²) in [6.45, 7) is 3.71. The van der Waals surface area contributed by atoms with E-state index in [1.165, 1.54) is 13.0 Å². The highest BCUT2D eigenvalue weighted by Gasteiger charge is 2.24. The van der Waals surface area contributed by atoms with Gasteiger partial charge in [-0.05, 0) is 61.0 Å². The van der Waals surface area contributed by atoms with Crippen molar-refractivity contribution in [2.24, 2.45) is 4.99 Å². The van der Waals surface area contributed by atoms with Crippen molar-refractivity contribution in [3.63, 3.8) is 0 Å². The highest BCUT2D eigenvalue weighted by Crippen LogP contribution is 2.31. The van der Waals surface area contributed by atoms with Crippen LogP contribution >= 0.6 is 0 Å². The third-order valence-corrected chi connectivity index (χ3v) is 4.98. The molecule has 8 heteroatoms. The number of anilines is 1. The number of cyclic esters (lactones) is 1. The summed E-state index contributed by atoms with van der Waals surface area (Å²) in [4.78, 5) is 27.9. The molecule has 0 aromatic heterocycles. The molecule has 1 heterocycles. The van der Waals surface area contributed by atoms with Crippen LogP contribution in [0.15, 0.2) is 77.4 Å². The van der Waals surface area contributed by atoms with Gasteiger partial charge in [0.2, 0.25) is 11.8 Å². The van der Waals surface area contributed by atoms with Gasteiger partial charge >= 0.3 is 5.97 Å². The number of halogens is 1. The molecule has 4 rings (SSSR count). The lowest BCUT2D eigenvalue weighted by atomic mass is 10.1. The summed E-state index contributed by atoms with van der Waals surface area (Å²) in [5.74, 6) is -0.0149. The maximum Gasteiger partial charge on any atom is 0.363 e. The van der Waals surface area contributed by atoms with Gasteiger partial charge in [-0.25, -0.2) is 14.2 Å². The molecule has 3 aromatic carbocycles. The molecule has 1 aliphatic rings. The fourth-order valence-electron chi connectivity index (χ4n) is 3.36. The lowest BCUT2D eigenvalue weighted by molar-refractivity contribution is -0.129. The molecular weight excluding hydrogens is 451 g/mol. The van der Waals surface area contributed by atoms with Crippen LogP contribution in [0.25, 0.3) is 6.08 Å². The molecule has 0 radical (unpaired) electrons. The largest absolute Gasteiger partial charge is 0.490 e. The second-order valence-corrected chi connectivity index (χ2v) is 7.61. The highest BCUT2D eigenvalue weighted by molar-refractivity contribution is 6.13. The van der Waals surface area contributed by atoms with Crippen molar-refractivity contribution in [2.75, 3.05) is 11.9 Å². The number of esters is 1. The quantitative estimate of drug-likeness (QED) is 0.362. The SMILES string of the molecule is CCOc1cc(/C=C2\N=C(c3ccc(NC(C)=O)cc3)OC2=O)ccc1OCc1ccccc1F. The molecule has 0 saturated heterocycles. The molecule has 0 spiro atoms. The fourth-order valence-corrected chi connectivity index (χ4v) is 3.36. The summed E-state index contributed by atoms with van der Waals surface area (Å²) < 4.78 is 30.7. The van der Waals surface area contributed by atoms with Crippen LogP contribution in [-0.4, -0.2) is 24.4 Å². The zero-order valence-corrected chi connectivity index (χ0v) is 19.2. The third kappa shape index (κ3) is 5.92. The monoisotopic (exact) mass is 474 g/mol. The molecule has 1 N–H and O–H groups in total. The van der Waals surface area contributed by atoms with E-state index in [0.717, 1.165) is 0 Å². The number of hydrogen-bond donors (Lipinski definition) is 1. The Labute approximate surface area is 201 Å². The van der Waals surface area contributed by atoms with Gasteiger partial charge in [0.05, 0.1) is 6.61 Å². The molecule has 7 nitrogen and oxygen atoms in total. The summed E-state index contributed by atoms with van der Waals surface area (Å²) in [5.41, 5.74) is 2.45. The molecule has 1 amide bonds. The first kappa shape index (κ1) is 23.7. The van der Waals surface area contributed by atoms with E-state index in [1.54, 1.807) is 66.7 Å². The first-order valence-electron chi connectivity index (χ1n) is 11.0. The Hall–Kier alpha value is -4.46. The number of nitrogens with one attached hydrogen (secondary N) is 1. The number of carbonyl (C=O) groups is 2. The minimum atomic E-state index is -0.580. The van der Waals surface area contributed by atoms with Gasteiger partial charge in [-0.1, -0.05) is 24.3 Å². The number of nitrogens with zero attached hydrogens (tertiary/aromatic N) is 1. The van der Waals surface area contributed by atoms with Crippen LogP contribution in [0.2, 0.25) is 0 Å². The Morgan fingerprint density at radius 3 is 2.54 bits per heavy atom. The highest BCUT2D eigenvalue weighted by atomic mass is 19.1. The van der Waals surface area contributed by atoms with Gasteiger partial charge in [0.25, 0.3) is 0 Å². The van der Waals surface area contributed by atoms with Crippen molar-refractivity contribution in [1.82, 2.24) is 0 Å². The van der Waals surface area contributed by atoms with E-state index in [1.807, 2.05) is 6.92 Å². The Kier molecular flexibility index (Phi) is 7.21. The molecule has 0 unspecified atom stereocenters. The zero-order chi connectivity index (χ0) is 24.8. The molecule has 0 aliphatic carbocycles. The van der Waals surface area contributed by atoms with Crippen molar-refractivity contribution in [3.05, 3.63) is 94.9 Å². The lowest BCUT2D eigenvalue weighted by Gasteiger charge is -2.13. The number of hydrogen-bond acceptors (Lipinski definition) is 6. The van der Waals surface area contributed by atoms with E-state index in [2.05, 4.69) is 10.3 Å². The van der Waals surface area contributed by atoms with Gasteiger partial charge in [-0.15, -0.1) is 0 Å². The maximum absolute atomic E-state index is 13.9. The van der Waals surface area contributed by atoms with Crippen molar-refractivity contribution in [1.29, 1.82) is 0 Å². The van der Waals surface area contributed by atoms with Crippen LogP contribution in [0.3, 0.4) is 0 Å². The molecule has 0 saturated carbocycles. The van der Waals surface area contributed by atoms with Gasteiger partial charge in [0, 0.05) is 23.7 Å². The first-order valence-corrected chi connectivity index (χ1v) is 11.0. The summed E-state index contributed by atoms with van der Waals surface area (Å²) in [7, 11) is 0. The van der Waals surface area contributed by atoms with Gasteiger partial charge < -0.3 is 19.5 Å². The third-order valence-electron chi connectivity index (χ3n) is 4.98. The van der Waals surface area contributed by atoms with Crippen molar-refractivity contribution >= 4 is 29.5 Å². The van der Waals surface area contributed by atoms with E-state index in [0.29, 0.717) is 40.5 Å². The van der Waals surface area contributed by atoms with Crippen LogP contribution in [0, 0.1) is 5.82 Å². The van der Waals surface area contributed by atoms with E-state index in [-0.39, 0.29) is 29.9 Å². The van der Waals surface area contributed by atoms with Crippen LogP contribution < -0.4 is 14.8 Å². The molecule has 3 aromatic rings.